The molecule has 2 unspecified atom stereocenters. The maximum atomic E-state index is 13.0. The molecule has 3 heteroatoms. The molecular weight excluding hydrogens is 215 g/mol. The van der Waals surface area contributed by atoms with E-state index >= 15 is 0 Å². The average molecular weight is 236 g/mol. The van der Waals surface area contributed by atoms with Crippen LogP contribution in [0.4, 0.5) is 4.39 Å². The molecule has 1 aliphatic rings. The first-order valence-corrected chi connectivity index (χ1v) is 6.47. The van der Waals surface area contributed by atoms with Gasteiger partial charge in [0.15, 0.2) is 0 Å². The Bertz CT molecular complexity index is 354. The first-order chi connectivity index (χ1) is 8.24. The molecule has 2 atom stereocenters. The predicted octanol–water partition coefficient (Wildman–Crippen LogP) is 2.23. The van der Waals surface area contributed by atoms with E-state index in [1.165, 1.54) is 18.9 Å². The third-order valence-corrected chi connectivity index (χ3v) is 3.45. The Balaban J connectivity index is 1.72. The van der Waals surface area contributed by atoms with Gasteiger partial charge >= 0.3 is 0 Å². The van der Waals surface area contributed by atoms with Crippen LogP contribution in [0.1, 0.15) is 31.2 Å². The molecule has 2 nitrogen and oxygen atoms in total. The molecule has 0 aliphatic heterocycles. The Morgan fingerprint density at radius 1 is 1.35 bits per heavy atom. The highest BCUT2D eigenvalue weighted by molar-refractivity contribution is 5.16. The summed E-state index contributed by atoms with van der Waals surface area (Å²) < 4.78 is 13.0. The van der Waals surface area contributed by atoms with Gasteiger partial charge in [-0.1, -0.05) is 18.6 Å². The van der Waals surface area contributed by atoms with Crippen LogP contribution in [0.15, 0.2) is 24.3 Å². The summed E-state index contributed by atoms with van der Waals surface area (Å²) in [6.07, 6.45) is 5.55. The highest BCUT2D eigenvalue weighted by Crippen LogP contribution is 2.16. The molecule has 1 aliphatic carbocycles. The number of nitrogens with one attached hydrogen (secondary N) is 1. The van der Waals surface area contributed by atoms with Crippen LogP contribution in [0.3, 0.4) is 0 Å². The lowest BCUT2D eigenvalue weighted by molar-refractivity contribution is 0.341. The molecule has 1 saturated carbocycles. The minimum Gasteiger partial charge on any atom is -0.328 e. The molecule has 0 amide bonds. The zero-order valence-electron chi connectivity index (χ0n) is 10.2. The Morgan fingerprint density at radius 3 is 3.00 bits per heavy atom. The van der Waals surface area contributed by atoms with Crippen molar-refractivity contribution >= 4 is 0 Å². The lowest BCUT2D eigenvalue weighted by Gasteiger charge is -2.27. The molecule has 2 rings (SSSR count). The minimum absolute atomic E-state index is 0.151. The molecule has 0 aromatic heterocycles. The Labute approximate surface area is 102 Å². The van der Waals surface area contributed by atoms with Crippen LogP contribution in [0, 0.1) is 5.82 Å². The van der Waals surface area contributed by atoms with Crippen molar-refractivity contribution in [3.05, 3.63) is 35.6 Å². The standard InChI is InChI=1S/C14H21FN2/c15-12-4-1-3-11(9-12)7-8-17-14-6-2-5-13(16)10-14/h1,3-4,9,13-14,17H,2,5-8,10,16H2. The normalized spacial score (nSPS) is 24.8. The van der Waals surface area contributed by atoms with Crippen LogP contribution in [0.5, 0.6) is 0 Å². The SMILES string of the molecule is NC1CCCC(NCCc2cccc(F)c2)C1. The van der Waals surface area contributed by atoms with Crippen molar-refractivity contribution in [1.29, 1.82) is 0 Å². The van der Waals surface area contributed by atoms with Crippen molar-refractivity contribution in [2.24, 2.45) is 5.73 Å². The van der Waals surface area contributed by atoms with Crippen molar-refractivity contribution in [2.45, 2.75) is 44.2 Å². The van der Waals surface area contributed by atoms with Crippen LogP contribution in [0.2, 0.25) is 0 Å². The van der Waals surface area contributed by atoms with Gasteiger partial charge in [0, 0.05) is 12.1 Å². The van der Waals surface area contributed by atoms with E-state index in [4.69, 9.17) is 5.73 Å². The maximum Gasteiger partial charge on any atom is 0.123 e. The quantitative estimate of drug-likeness (QED) is 0.841. The van der Waals surface area contributed by atoms with Gasteiger partial charge in [-0.25, -0.2) is 4.39 Å². The van der Waals surface area contributed by atoms with E-state index in [1.54, 1.807) is 12.1 Å². The summed E-state index contributed by atoms with van der Waals surface area (Å²) in [5, 5.41) is 3.52. The second-order valence-electron chi connectivity index (χ2n) is 4.96. The van der Waals surface area contributed by atoms with Crippen LogP contribution in [0.25, 0.3) is 0 Å². The Morgan fingerprint density at radius 2 is 2.24 bits per heavy atom. The van der Waals surface area contributed by atoms with E-state index in [9.17, 15) is 4.39 Å². The minimum atomic E-state index is -0.151. The number of nitrogens with two attached hydrogens (primary N) is 1. The molecule has 0 saturated heterocycles. The maximum absolute atomic E-state index is 13.0. The number of benzene rings is 1. The molecule has 1 fully saturated rings. The number of rotatable bonds is 4. The van der Waals surface area contributed by atoms with Crippen LogP contribution < -0.4 is 11.1 Å². The zero-order valence-corrected chi connectivity index (χ0v) is 10.2. The molecular formula is C14H21FN2. The van der Waals surface area contributed by atoms with Crippen LogP contribution in [-0.4, -0.2) is 18.6 Å². The molecule has 94 valence electrons. The fourth-order valence-corrected chi connectivity index (χ4v) is 2.53. The van der Waals surface area contributed by atoms with Gasteiger partial charge < -0.3 is 11.1 Å². The predicted molar refractivity (Wildman–Crippen MR) is 68.3 cm³/mol. The zero-order chi connectivity index (χ0) is 12.1. The number of halogens is 1. The third-order valence-electron chi connectivity index (χ3n) is 3.45. The lowest BCUT2D eigenvalue weighted by Crippen LogP contribution is -2.40. The summed E-state index contributed by atoms with van der Waals surface area (Å²) in [5.74, 6) is -0.151. The molecule has 3 N–H and O–H groups in total. The van der Waals surface area contributed by atoms with Gasteiger partial charge in [-0.2, -0.15) is 0 Å². The summed E-state index contributed by atoms with van der Waals surface area (Å²) >= 11 is 0. The molecule has 17 heavy (non-hydrogen) atoms. The topological polar surface area (TPSA) is 38.0 Å². The second kappa shape index (κ2) is 6.12. The first-order valence-electron chi connectivity index (χ1n) is 6.47. The summed E-state index contributed by atoms with van der Waals surface area (Å²) in [6, 6.07) is 7.73. The fraction of sp³-hybridized carbons (Fsp3) is 0.571. The van der Waals surface area contributed by atoms with Crippen molar-refractivity contribution < 1.29 is 4.39 Å². The summed E-state index contributed by atoms with van der Waals surface area (Å²) in [4.78, 5) is 0. The van der Waals surface area contributed by atoms with E-state index in [0.29, 0.717) is 12.1 Å². The highest BCUT2D eigenvalue weighted by Gasteiger charge is 2.18. The monoisotopic (exact) mass is 236 g/mol. The second-order valence-corrected chi connectivity index (χ2v) is 4.96. The van der Waals surface area contributed by atoms with Crippen molar-refractivity contribution in [3.8, 4) is 0 Å². The van der Waals surface area contributed by atoms with Crippen molar-refractivity contribution in [3.63, 3.8) is 0 Å². The van der Waals surface area contributed by atoms with Crippen LogP contribution in [-0.2, 0) is 6.42 Å². The van der Waals surface area contributed by atoms with Crippen LogP contribution >= 0.6 is 0 Å². The average Bonchev–Trinajstić information content (AvgIpc) is 2.29. The number of hydrogen-bond donors (Lipinski definition) is 2. The summed E-state index contributed by atoms with van der Waals surface area (Å²) in [5.41, 5.74) is 6.99. The Kier molecular flexibility index (Phi) is 4.51. The van der Waals surface area contributed by atoms with Gasteiger partial charge in [0.25, 0.3) is 0 Å². The summed E-state index contributed by atoms with van der Waals surface area (Å²) in [7, 11) is 0. The van der Waals surface area contributed by atoms with Gasteiger partial charge in [-0.15, -0.1) is 0 Å². The van der Waals surface area contributed by atoms with Gasteiger partial charge in [0.05, 0.1) is 0 Å². The molecule has 1 aromatic rings. The summed E-state index contributed by atoms with van der Waals surface area (Å²) in [6.45, 7) is 0.904. The fourth-order valence-electron chi connectivity index (χ4n) is 2.53. The lowest BCUT2D eigenvalue weighted by atomic mass is 9.91. The largest absolute Gasteiger partial charge is 0.328 e. The van der Waals surface area contributed by atoms with Gasteiger partial charge in [-0.3, -0.25) is 0 Å². The van der Waals surface area contributed by atoms with Crippen molar-refractivity contribution in [1.82, 2.24) is 5.32 Å². The smallest absolute Gasteiger partial charge is 0.123 e. The van der Waals surface area contributed by atoms with E-state index < -0.39 is 0 Å². The van der Waals surface area contributed by atoms with Gasteiger partial charge in [-0.05, 0) is 49.9 Å². The molecule has 0 radical (unpaired) electrons. The highest BCUT2D eigenvalue weighted by atomic mass is 19.1. The molecule has 0 bridgehead atoms. The van der Waals surface area contributed by atoms with E-state index in [2.05, 4.69) is 5.32 Å². The van der Waals surface area contributed by atoms with Gasteiger partial charge in [0.1, 0.15) is 5.82 Å². The third kappa shape index (κ3) is 4.10. The molecule has 0 spiro atoms. The number of hydrogen-bond acceptors (Lipinski definition) is 2. The van der Waals surface area contributed by atoms with Gasteiger partial charge in [0.2, 0.25) is 0 Å². The molecule has 0 heterocycles. The van der Waals surface area contributed by atoms with E-state index in [1.807, 2.05) is 6.07 Å². The van der Waals surface area contributed by atoms with Crippen molar-refractivity contribution in [2.75, 3.05) is 6.54 Å². The molecule has 1 aromatic carbocycles. The van der Waals surface area contributed by atoms with E-state index in [0.717, 1.165) is 31.4 Å². The Hall–Kier alpha value is -0.930. The van der Waals surface area contributed by atoms with E-state index in [-0.39, 0.29) is 5.82 Å². The first kappa shape index (κ1) is 12.5.